The van der Waals surface area contributed by atoms with Crippen molar-refractivity contribution in [2.24, 2.45) is 0 Å². The number of rotatable bonds is 5. The van der Waals surface area contributed by atoms with E-state index in [1.54, 1.807) is 6.20 Å². The molecule has 1 aliphatic heterocycles. The molecular formula is C17H22N4O3. The SMILES string of the molecule is Cc1cnc(C(=O)NCC(c2ccc(C)o2)N2CCOCC2)cn1. The molecule has 1 atom stereocenters. The normalized spacial score (nSPS) is 16.8. The van der Waals surface area contributed by atoms with Gasteiger partial charge in [-0.3, -0.25) is 14.7 Å². The smallest absolute Gasteiger partial charge is 0.271 e. The quantitative estimate of drug-likeness (QED) is 0.895. The van der Waals surface area contributed by atoms with E-state index in [-0.39, 0.29) is 11.9 Å². The van der Waals surface area contributed by atoms with Crippen LogP contribution in [0, 0.1) is 13.8 Å². The molecule has 1 unspecified atom stereocenters. The molecule has 1 N–H and O–H groups in total. The Labute approximate surface area is 141 Å². The molecule has 1 fully saturated rings. The van der Waals surface area contributed by atoms with Crippen LogP contribution in [0.5, 0.6) is 0 Å². The summed E-state index contributed by atoms with van der Waals surface area (Å²) in [6, 6.07) is 3.88. The Morgan fingerprint density at radius 2 is 2.04 bits per heavy atom. The number of carbonyl (C=O) groups is 1. The molecule has 2 aromatic heterocycles. The molecule has 1 aliphatic rings. The van der Waals surface area contributed by atoms with E-state index in [9.17, 15) is 4.79 Å². The zero-order valence-corrected chi connectivity index (χ0v) is 14.0. The van der Waals surface area contributed by atoms with Crippen molar-refractivity contribution in [1.82, 2.24) is 20.2 Å². The van der Waals surface area contributed by atoms with Crippen molar-refractivity contribution in [3.05, 3.63) is 47.4 Å². The summed E-state index contributed by atoms with van der Waals surface area (Å²) in [5, 5.41) is 2.94. The van der Waals surface area contributed by atoms with Crippen LogP contribution in [0.2, 0.25) is 0 Å². The van der Waals surface area contributed by atoms with Gasteiger partial charge in [-0.2, -0.15) is 0 Å². The van der Waals surface area contributed by atoms with E-state index in [4.69, 9.17) is 9.15 Å². The van der Waals surface area contributed by atoms with Crippen molar-refractivity contribution in [2.75, 3.05) is 32.8 Å². The summed E-state index contributed by atoms with van der Waals surface area (Å²) < 4.78 is 11.2. The van der Waals surface area contributed by atoms with Crippen molar-refractivity contribution >= 4 is 5.91 Å². The van der Waals surface area contributed by atoms with Crippen molar-refractivity contribution in [3.8, 4) is 0 Å². The third-order valence-electron chi connectivity index (χ3n) is 4.05. The number of nitrogens with one attached hydrogen (secondary N) is 1. The standard InChI is InChI=1S/C17H22N4O3/c1-12-9-19-14(10-18-12)17(22)20-11-15(16-4-3-13(2)24-16)21-5-7-23-8-6-21/h3-4,9-10,15H,5-8,11H2,1-2H3,(H,20,22). The van der Waals surface area contributed by atoms with Crippen LogP contribution in [-0.2, 0) is 4.74 Å². The highest BCUT2D eigenvalue weighted by Crippen LogP contribution is 2.23. The van der Waals surface area contributed by atoms with Gasteiger partial charge in [-0.25, -0.2) is 4.98 Å². The number of aryl methyl sites for hydroxylation is 2. The fraction of sp³-hybridized carbons (Fsp3) is 0.471. The molecule has 0 saturated carbocycles. The summed E-state index contributed by atoms with van der Waals surface area (Å²) in [5.41, 5.74) is 1.10. The van der Waals surface area contributed by atoms with Crippen LogP contribution >= 0.6 is 0 Å². The fourth-order valence-corrected chi connectivity index (χ4v) is 2.72. The van der Waals surface area contributed by atoms with Crippen molar-refractivity contribution < 1.29 is 13.9 Å². The summed E-state index contributed by atoms with van der Waals surface area (Å²) in [4.78, 5) is 22.8. The number of aromatic nitrogens is 2. The maximum Gasteiger partial charge on any atom is 0.271 e. The highest BCUT2D eigenvalue weighted by atomic mass is 16.5. The molecular weight excluding hydrogens is 308 g/mol. The summed E-state index contributed by atoms with van der Waals surface area (Å²) in [5.74, 6) is 1.48. The highest BCUT2D eigenvalue weighted by Gasteiger charge is 2.26. The molecule has 7 heteroatoms. The topological polar surface area (TPSA) is 80.5 Å². The van der Waals surface area contributed by atoms with Crippen molar-refractivity contribution in [2.45, 2.75) is 19.9 Å². The number of hydrogen-bond acceptors (Lipinski definition) is 6. The van der Waals surface area contributed by atoms with Gasteiger partial charge in [0.1, 0.15) is 17.2 Å². The lowest BCUT2D eigenvalue weighted by atomic mass is 10.1. The van der Waals surface area contributed by atoms with Crippen molar-refractivity contribution in [3.63, 3.8) is 0 Å². The first-order valence-corrected chi connectivity index (χ1v) is 8.08. The van der Waals surface area contributed by atoms with Crippen molar-refractivity contribution in [1.29, 1.82) is 0 Å². The van der Waals surface area contributed by atoms with Gasteiger partial charge in [0.2, 0.25) is 0 Å². The Morgan fingerprint density at radius 3 is 2.67 bits per heavy atom. The second-order valence-corrected chi connectivity index (χ2v) is 5.87. The van der Waals surface area contributed by atoms with Crippen LogP contribution in [0.1, 0.15) is 33.7 Å². The monoisotopic (exact) mass is 330 g/mol. The number of furan rings is 1. The third kappa shape index (κ3) is 3.98. The predicted octanol–water partition coefficient (Wildman–Crippen LogP) is 1.49. The Kier molecular flexibility index (Phi) is 5.22. The van der Waals surface area contributed by atoms with E-state index < -0.39 is 0 Å². The Bertz CT molecular complexity index is 677. The number of hydrogen-bond donors (Lipinski definition) is 1. The minimum atomic E-state index is -0.232. The lowest BCUT2D eigenvalue weighted by Gasteiger charge is -2.33. The first kappa shape index (κ1) is 16.6. The Balaban J connectivity index is 1.69. The molecule has 7 nitrogen and oxygen atoms in total. The van der Waals surface area contributed by atoms with Gasteiger partial charge in [0.15, 0.2) is 0 Å². The summed E-state index contributed by atoms with van der Waals surface area (Å²) in [7, 11) is 0. The lowest BCUT2D eigenvalue weighted by Crippen LogP contribution is -2.43. The lowest BCUT2D eigenvalue weighted by molar-refractivity contribution is 0.0117. The summed E-state index contributed by atoms with van der Waals surface area (Å²) in [6.07, 6.45) is 3.08. The van der Waals surface area contributed by atoms with Gasteiger partial charge in [-0.15, -0.1) is 0 Å². The summed E-state index contributed by atoms with van der Waals surface area (Å²) in [6.45, 7) is 7.19. The molecule has 0 aromatic carbocycles. The number of ether oxygens (including phenoxy) is 1. The van der Waals surface area contributed by atoms with E-state index in [0.29, 0.717) is 25.5 Å². The Hall–Kier alpha value is -2.25. The maximum atomic E-state index is 12.3. The highest BCUT2D eigenvalue weighted by molar-refractivity contribution is 5.91. The minimum absolute atomic E-state index is 0.0232. The van der Waals surface area contributed by atoms with Gasteiger partial charge in [0.05, 0.1) is 31.1 Å². The maximum absolute atomic E-state index is 12.3. The van der Waals surface area contributed by atoms with Crippen LogP contribution in [-0.4, -0.2) is 53.6 Å². The molecule has 24 heavy (non-hydrogen) atoms. The van der Waals surface area contributed by atoms with Gasteiger partial charge in [0.25, 0.3) is 5.91 Å². The molecule has 0 radical (unpaired) electrons. The molecule has 3 rings (SSSR count). The first-order chi connectivity index (χ1) is 11.6. The van der Waals surface area contributed by atoms with Crippen LogP contribution in [0.3, 0.4) is 0 Å². The number of morpholine rings is 1. The van der Waals surface area contributed by atoms with E-state index in [2.05, 4.69) is 20.2 Å². The van der Waals surface area contributed by atoms with E-state index in [1.807, 2.05) is 26.0 Å². The minimum Gasteiger partial charge on any atom is -0.465 e. The molecule has 3 heterocycles. The second-order valence-electron chi connectivity index (χ2n) is 5.87. The number of amides is 1. The van der Waals surface area contributed by atoms with E-state index in [1.165, 1.54) is 6.20 Å². The first-order valence-electron chi connectivity index (χ1n) is 8.08. The predicted molar refractivity (Wildman–Crippen MR) is 87.7 cm³/mol. The van der Waals surface area contributed by atoms with Crippen LogP contribution in [0.25, 0.3) is 0 Å². The zero-order chi connectivity index (χ0) is 16.9. The molecule has 0 aliphatic carbocycles. The Morgan fingerprint density at radius 1 is 1.25 bits per heavy atom. The fourth-order valence-electron chi connectivity index (χ4n) is 2.72. The number of nitrogens with zero attached hydrogens (tertiary/aromatic N) is 3. The largest absolute Gasteiger partial charge is 0.465 e. The molecule has 1 amide bonds. The molecule has 128 valence electrons. The van der Waals surface area contributed by atoms with Crippen LogP contribution in [0.4, 0.5) is 0 Å². The molecule has 0 spiro atoms. The van der Waals surface area contributed by atoms with Crippen LogP contribution in [0.15, 0.2) is 28.9 Å². The summed E-state index contributed by atoms with van der Waals surface area (Å²) >= 11 is 0. The molecule has 1 saturated heterocycles. The van der Waals surface area contributed by atoms with Gasteiger partial charge in [-0.1, -0.05) is 0 Å². The van der Waals surface area contributed by atoms with E-state index in [0.717, 1.165) is 30.3 Å². The second kappa shape index (κ2) is 7.55. The van der Waals surface area contributed by atoms with E-state index >= 15 is 0 Å². The average Bonchev–Trinajstić information content (AvgIpc) is 3.02. The van der Waals surface area contributed by atoms with Gasteiger partial charge < -0.3 is 14.5 Å². The molecule has 2 aromatic rings. The third-order valence-corrected chi connectivity index (χ3v) is 4.05. The number of carbonyl (C=O) groups excluding carboxylic acids is 1. The van der Waals surface area contributed by atoms with Crippen LogP contribution < -0.4 is 5.32 Å². The van der Waals surface area contributed by atoms with Gasteiger partial charge >= 0.3 is 0 Å². The average molecular weight is 330 g/mol. The molecule has 0 bridgehead atoms. The zero-order valence-electron chi connectivity index (χ0n) is 14.0. The van der Waals surface area contributed by atoms with Gasteiger partial charge in [0, 0.05) is 25.8 Å². The van der Waals surface area contributed by atoms with Gasteiger partial charge in [-0.05, 0) is 26.0 Å².